The molecule has 3 nitrogen and oxygen atoms in total. The lowest BCUT2D eigenvalue weighted by molar-refractivity contribution is 0.123. The summed E-state index contributed by atoms with van der Waals surface area (Å²) in [5.74, 6) is 0. The van der Waals surface area contributed by atoms with Crippen LogP contribution in [0.25, 0.3) is 0 Å². The Morgan fingerprint density at radius 2 is 2.50 bits per heavy atom. The Morgan fingerprint density at radius 3 is 3.08 bits per heavy atom. The quantitative estimate of drug-likeness (QED) is 0.638. The predicted octanol–water partition coefficient (Wildman–Crippen LogP) is 1.41. The van der Waals surface area contributed by atoms with E-state index in [1.165, 1.54) is 0 Å². The van der Waals surface area contributed by atoms with Gasteiger partial charge in [-0.2, -0.15) is 0 Å². The molecule has 1 unspecified atom stereocenters. The Bertz CT molecular complexity index is 167. The minimum absolute atomic E-state index is 0.151. The van der Waals surface area contributed by atoms with Gasteiger partial charge in [0.05, 0.1) is 0 Å². The van der Waals surface area contributed by atoms with Crippen LogP contribution in [-0.4, -0.2) is 42.7 Å². The Labute approximate surface area is 75.4 Å². The molecule has 1 heterocycles. The van der Waals surface area contributed by atoms with E-state index in [2.05, 4.69) is 0 Å². The fourth-order valence-electron chi connectivity index (χ4n) is 1.35. The minimum Gasteiger partial charge on any atom is -0.449 e. The van der Waals surface area contributed by atoms with Gasteiger partial charge in [-0.25, -0.2) is 9.18 Å². The third-order valence-corrected chi connectivity index (χ3v) is 1.98. The number of hydrogen-bond acceptors (Lipinski definition) is 3. The lowest BCUT2D eigenvalue weighted by Crippen LogP contribution is -2.25. The first-order valence-electron chi connectivity index (χ1n) is 3.87. The number of hydrogen-bond donors (Lipinski definition) is 0. The summed E-state index contributed by atoms with van der Waals surface area (Å²) in [4.78, 5) is 12.2. The first-order chi connectivity index (χ1) is 5.72. The van der Waals surface area contributed by atoms with Crippen molar-refractivity contribution in [2.24, 2.45) is 0 Å². The van der Waals surface area contributed by atoms with Crippen LogP contribution < -0.4 is 0 Å². The second kappa shape index (κ2) is 4.62. The first-order valence-corrected chi connectivity index (χ1v) is 4.24. The van der Waals surface area contributed by atoms with E-state index in [4.69, 9.17) is 16.3 Å². The van der Waals surface area contributed by atoms with Gasteiger partial charge in [-0.05, 0) is 6.42 Å². The Balaban J connectivity index is 2.21. The summed E-state index contributed by atoms with van der Waals surface area (Å²) in [7, 11) is 0. The van der Waals surface area contributed by atoms with Gasteiger partial charge in [-0.1, -0.05) is 0 Å². The standard InChI is InChI=1S/C7H11ClFNO2/c8-7(11)12-6-1-3-10(5-6)4-2-9/h6H,1-5H2. The molecule has 1 fully saturated rings. The van der Waals surface area contributed by atoms with Crippen LogP contribution in [0.5, 0.6) is 0 Å². The molecule has 1 saturated heterocycles. The molecule has 70 valence electrons. The highest BCUT2D eigenvalue weighted by Crippen LogP contribution is 2.13. The van der Waals surface area contributed by atoms with Crippen molar-refractivity contribution in [3.05, 3.63) is 0 Å². The number of carbonyl (C=O) groups excluding carboxylic acids is 1. The lowest BCUT2D eigenvalue weighted by atomic mass is 10.3. The van der Waals surface area contributed by atoms with Crippen molar-refractivity contribution in [2.45, 2.75) is 12.5 Å². The van der Waals surface area contributed by atoms with E-state index < -0.39 is 5.43 Å². The largest absolute Gasteiger partial charge is 0.449 e. The van der Waals surface area contributed by atoms with Crippen molar-refractivity contribution < 1.29 is 13.9 Å². The SMILES string of the molecule is O=C(Cl)OC1CCN(CCF)C1. The van der Waals surface area contributed by atoms with E-state index in [0.717, 1.165) is 13.0 Å². The van der Waals surface area contributed by atoms with Crippen molar-refractivity contribution >= 4 is 17.0 Å². The molecule has 0 radical (unpaired) electrons. The number of rotatable bonds is 3. The summed E-state index contributed by atoms with van der Waals surface area (Å²) < 4.78 is 16.6. The number of carbonyl (C=O) groups is 1. The molecule has 0 aromatic carbocycles. The Morgan fingerprint density at radius 1 is 1.75 bits per heavy atom. The lowest BCUT2D eigenvalue weighted by Gasteiger charge is -2.12. The highest BCUT2D eigenvalue weighted by Gasteiger charge is 2.24. The number of alkyl halides is 1. The Hall–Kier alpha value is -0.350. The van der Waals surface area contributed by atoms with Crippen molar-refractivity contribution in [3.8, 4) is 0 Å². The van der Waals surface area contributed by atoms with Crippen LogP contribution in [0.2, 0.25) is 0 Å². The zero-order valence-electron chi connectivity index (χ0n) is 6.63. The molecule has 1 aliphatic heterocycles. The summed E-state index contributed by atoms with van der Waals surface area (Å²) in [6.07, 6.45) is 0.597. The fourth-order valence-corrected chi connectivity index (χ4v) is 1.47. The van der Waals surface area contributed by atoms with E-state index >= 15 is 0 Å². The van der Waals surface area contributed by atoms with Crippen LogP contribution in [0, 0.1) is 0 Å². The molecule has 5 heteroatoms. The average Bonchev–Trinajstić information content (AvgIpc) is 2.36. The maximum atomic E-state index is 11.9. The van der Waals surface area contributed by atoms with Gasteiger partial charge in [-0.3, -0.25) is 4.90 Å². The van der Waals surface area contributed by atoms with Gasteiger partial charge in [0, 0.05) is 31.2 Å². The molecule has 0 saturated carbocycles. The Kier molecular flexibility index (Phi) is 3.75. The van der Waals surface area contributed by atoms with Crippen LogP contribution in [0.3, 0.4) is 0 Å². The minimum atomic E-state index is -0.776. The van der Waals surface area contributed by atoms with Crippen LogP contribution in [0.1, 0.15) is 6.42 Å². The van der Waals surface area contributed by atoms with Crippen molar-refractivity contribution in [1.29, 1.82) is 0 Å². The molecule has 0 aromatic heterocycles. The van der Waals surface area contributed by atoms with Gasteiger partial charge in [0.2, 0.25) is 0 Å². The van der Waals surface area contributed by atoms with Gasteiger partial charge in [0.25, 0.3) is 0 Å². The molecule has 1 rings (SSSR count). The van der Waals surface area contributed by atoms with E-state index in [0.29, 0.717) is 13.1 Å². The molecule has 1 atom stereocenters. The molecular formula is C7H11ClFNO2. The van der Waals surface area contributed by atoms with Crippen molar-refractivity contribution in [3.63, 3.8) is 0 Å². The average molecular weight is 196 g/mol. The summed E-state index contributed by atoms with van der Waals surface area (Å²) >= 11 is 5.03. The number of halogens is 2. The molecule has 0 aromatic rings. The molecule has 0 bridgehead atoms. The van der Waals surface area contributed by atoms with Crippen LogP contribution >= 0.6 is 11.6 Å². The summed E-state index contributed by atoms with van der Waals surface area (Å²) in [6, 6.07) is 0. The van der Waals surface area contributed by atoms with Crippen molar-refractivity contribution in [2.75, 3.05) is 26.3 Å². The second-order valence-electron chi connectivity index (χ2n) is 2.76. The third-order valence-electron chi connectivity index (χ3n) is 1.89. The van der Waals surface area contributed by atoms with E-state index in [-0.39, 0.29) is 12.8 Å². The number of nitrogens with zero attached hydrogens (tertiary/aromatic N) is 1. The molecule has 0 spiro atoms. The normalized spacial score (nSPS) is 24.3. The van der Waals surface area contributed by atoms with E-state index in [1.807, 2.05) is 4.90 Å². The van der Waals surface area contributed by atoms with Crippen LogP contribution in [0.15, 0.2) is 0 Å². The predicted molar refractivity (Wildman–Crippen MR) is 43.2 cm³/mol. The smallest absolute Gasteiger partial charge is 0.404 e. The molecular weight excluding hydrogens is 185 g/mol. The first kappa shape index (κ1) is 9.74. The monoisotopic (exact) mass is 195 g/mol. The number of ether oxygens (including phenoxy) is 1. The van der Waals surface area contributed by atoms with Gasteiger partial charge < -0.3 is 4.74 Å². The molecule has 0 N–H and O–H groups in total. The number of likely N-dealkylation sites (tertiary alicyclic amines) is 1. The fraction of sp³-hybridized carbons (Fsp3) is 0.857. The van der Waals surface area contributed by atoms with Gasteiger partial charge in [0.15, 0.2) is 0 Å². The van der Waals surface area contributed by atoms with Crippen molar-refractivity contribution in [1.82, 2.24) is 4.90 Å². The van der Waals surface area contributed by atoms with Gasteiger partial charge >= 0.3 is 5.43 Å². The highest BCUT2D eigenvalue weighted by molar-refractivity contribution is 6.61. The van der Waals surface area contributed by atoms with Crippen LogP contribution in [0.4, 0.5) is 9.18 Å². The zero-order chi connectivity index (χ0) is 8.97. The molecule has 0 aliphatic carbocycles. The van der Waals surface area contributed by atoms with E-state index in [1.54, 1.807) is 0 Å². The maximum Gasteiger partial charge on any atom is 0.404 e. The maximum absolute atomic E-state index is 11.9. The zero-order valence-corrected chi connectivity index (χ0v) is 7.39. The molecule has 12 heavy (non-hydrogen) atoms. The summed E-state index contributed by atoms with van der Waals surface area (Å²) in [6.45, 7) is 1.43. The van der Waals surface area contributed by atoms with Gasteiger partial charge in [-0.15, -0.1) is 0 Å². The molecule has 1 aliphatic rings. The topological polar surface area (TPSA) is 29.5 Å². The van der Waals surface area contributed by atoms with E-state index in [9.17, 15) is 9.18 Å². The summed E-state index contributed by atoms with van der Waals surface area (Å²) in [5.41, 5.74) is -0.776. The van der Waals surface area contributed by atoms with Gasteiger partial charge in [0.1, 0.15) is 12.8 Å². The van der Waals surface area contributed by atoms with Crippen LogP contribution in [-0.2, 0) is 4.74 Å². The molecule has 0 amide bonds. The highest BCUT2D eigenvalue weighted by atomic mass is 35.5. The second-order valence-corrected chi connectivity index (χ2v) is 3.06. The summed E-state index contributed by atoms with van der Waals surface area (Å²) in [5, 5.41) is 0. The third kappa shape index (κ3) is 2.95.